The van der Waals surface area contributed by atoms with Crippen molar-refractivity contribution < 1.29 is 17.9 Å². The predicted molar refractivity (Wildman–Crippen MR) is 108 cm³/mol. The van der Waals surface area contributed by atoms with E-state index in [1.807, 2.05) is 27.7 Å². The topological polar surface area (TPSA) is 63.7 Å². The Bertz CT molecular complexity index is 721. The number of alkyl halides is 1. The van der Waals surface area contributed by atoms with Gasteiger partial charge in [0.2, 0.25) is 10.0 Å². The van der Waals surface area contributed by atoms with Gasteiger partial charge in [-0.15, -0.1) is 0 Å². The molecule has 0 amide bonds. The molecule has 0 heterocycles. The van der Waals surface area contributed by atoms with Gasteiger partial charge in [0.1, 0.15) is 0 Å². The highest BCUT2D eigenvalue weighted by Gasteiger charge is 2.37. The lowest BCUT2D eigenvalue weighted by atomic mass is 9.88. The van der Waals surface area contributed by atoms with Crippen LogP contribution in [0.15, 0.2) is 41.3 Å². The molecule has 1 rings (SSSR count). The number of sulfonamides is 1. The molecule has 0 aliphatic carbocycles. The number of rotatable bonds is 8. The maximum atomic E-state index is 13.3. The standard InChI is InChI=1S/C19H28BrNO4S/c1-15-9-11-16(12-10-15)26(23,24)21(17(14-20)19(2,3)4)13-7-6-8-18(22)25-5/h6,8-12,17H,7,13-14H2,1-5H3/b8-6+/t17-/m1/s1. The lowest BCUT2D eigenvalue weighted by molar-refractivity contribution is -0.134. The fourth-order valence-corrected chi connectivity index (χ4v) is 5.81. The van der Waals surface area contributed by atoms with Crippen LogP contribution >= 0.6 is 15.9 Å². The predicted octanol–water partition coefficient (Wildman–Crippen LogP) is 3.91. The van der Waals surface area contributed by atoms with Crippen LogP contribution in [0.1, 0.15) is 32.8 Å². The fourth-order valence-electron chi connectivity index (χ4n) is 2.48. The Balaban J connectivity index is 3.19. The molecule has 0 aliphatic heterocycles. The molecule has 0 radical (unpaired) electrons. The number of halogens is 1. The molecule has 5 nitrogen and oxygen atoms in total. The molecular weight excluding hydrogens is 418 g/mol. The summed E-state index contributed by atoms with van der Waals surface area (Å²) in [6.07, 6.45) is 3.37. The Hall–Kier alpha value is -1.18. The zero-order valence-electron chi connectivity index (χ0n) is 16.0. The van der Waals surface area contributed by atoms with Crippen LogP contribution in [-0.2, 0) is 19.6 Å². The minimum absolute atomic E-state index is 0.236. The minimum atomic E-state index is -3.67. The van der Waals surface area contributed by atoms with E-state index in [0.717, 1.165) is 5.56 Å². The SMILES string of the molecule is COC(=O)/C=C/CCN([C@H](CBr)C(C)(C)C)S(=O)(=O)c1ccc(C)cc1. The number of aryl methyl sites for hydroxylation is 1. The highest BCUT2D eigenvalue weighted by molar-refractivity contribution is 9.09. The Morgan fingerprint density at radius 1 is 1.27 bits per heavy atom. The fraction of sp³-hybridized carbons (Fsp3) is 0.526. The Kier molecular flexibility index (Phi) is 8.50. The van der Waals surface area contributed by atoms with Gasteiger partial charge in [-0.2, -0.15) is 4.31 Å². The van der Waals surface area contributed by atoms with Gasteiger partial charge in [0.05, 0.1) is 12.0 Å². The average Bonchev–Trinajstić information content (AvgIpc) is 2.56. The second-order valence-electron chi connectivity index (χ2n) is 7.18. The van der Waals surface area contributed by atoms with Gasteiger partial charge in [-0.3, -0.25) is 0 Å². The largest absolute Gasteiger partial charge is 0.466 e. The van der Waals surface area contributed by atoms with Crippen molar-refractivity contribution >= 4 is 31.9 Å². The van der Waals surface area contributed by atoms with Gasteiger partial charge in [0, 0.05) is 24.0 Å². The van der Waals surface area contributed by atoms with Gasteiger partial charge in [0.15, 0.2) is 0 Å². The van der Waals surface area contributed by atoms with Crippen molar-refractivity contribution in [3.63, 3.8) is 0 Å². The van der Waals surface area contributed by atoms with Crippen molar-refractivity contribution in [1.29, 1.82) is 0 Å². The summed E-state index contributed by atoms with van der Waals surface area (Å²) in [4.78, 5) is 11.5. The Labute approximate surface area is 165 Å². The highest BCUT2D eigenvalue weighted by Crippen LogP contribution is 2.31. The Morgan fingerprint density at radius 2 is 1.85 bits per heavy atom. The van der Waals surface area contributed by atoms with Crippen LogP contribution in [0.25, 0.3) is 0 Å². The summed E-state index contributed by atoms with van der Waals surface area (Å²) in [7, 11) is -2.36. The van der Waals surface area contributed by atoms with E-state index in [0.29, 0.717) is 11.8 Å². The number of carbonyl (C=O) groups excluding carboxylic acids is 1. The molecule has 0 aliphatic rings. The van der Waals surface area contributed by atoms with Crippen LogP contribution in [0.2, 0.25) is 0 Å². The number of ether oxygens (including phenoxy) is 1. The molecule has 0 bridgehead atoms. The molecule has 0 fully saturated rings. The van der Waals surface area contributed by atoms with Gasteiger partial charge in [-0.05, 0) is 30.9 Å². The number of carbonyl (C=O) groups is 1. The monoisotopic (exact) mass is 445 g/mol. The van der Waals surface area contributed by atoms with Crippen LogP contribution in [-0.4, -0.2) is 43.7 Å². The lowest BCUT2D eigenvalue weighted by Gasteiger charge is -2.38. The maximum Gasteiger partial charge on any atom is 0.330 e. The molecule has 7 heteroatoms. The van der Waals surface area contributed by atoms with Crippen molar-refractivity contribution in [3.8, 4) is 0 Å². The van der Waals surface area contributed by atoms with Crippen molar-refractivity contribution in [2.75, 3.05) is 19.0 Å². The number of benzene rings is 1. The van der Waals surface area contributed by atoms with Gasteiger partial charge in [-0.25, -0.2) is 13.2 Å². The molecule has 0 N–H and O–H groups in total. The molecule has 0 aromatic heterocycles. The van der Waals surface area contributed by atoms with E-state index in [2.05, 4.69) is 20.7 Å². The van der Waals surface area contributed by atoms with Crippen molar-refractivity contribution in [1.82, 2.24) is 4.31 Å². The molecular formula is C19H28BrNO4S. The second kappa shape index (κ2) is 9.67. The summed E-state index contributed by atoms with van der Waals surface area (Å²) in [6, 6.07) is 6.62. The smallest absolute Gasteiger partial charge is 0.330 e. The van der Waals surface area contributed by atoms with Crippen LogP contribution in [0.3, 0.4) is 0 Å². The van der Waals surface area contributed by atoms with Crippen LogP contribution < -0.4 is 0 Å². The molecule has 0 saturated carbocycles. The quantitative estimate of drug-likeness (QED) is 0.345. The number of esters is 1. The first kappa shape index (κ1) is 22.9. The zero-order valence-corrected chi connectivity index (χ0v) is 18.4. The van der Waals surface area contributed by atoms with E-state index < -0.39 is 16.0 Å². The molecule has 1 aromatic carbocycles. The van der Waals surface area contributed by atoms with Crippen molar-refractivity contribution in [2.24, 2.45) is 5.41 Å². The molecule has 0 saturated heterocycles. The van der Waals surface area contributed by atoms with Gasteiger partial charge in [-0.1, -0.05) is 60.5 Å². The van der Waals surface area contributed by atoms with E-state index >= 15 is 0 Å². The number of methoxy groups -OCH3 is 1. The molecule has 1 aromatic rings. The zero-order chi connectivity index (χ0) is 20.0. The van der Waals surface area contributed by atoms with Gasteiger partial charge in [0.25, 0.3) is 0 Å². The van der Waals surface area contributed by atoms with E-state index in [9.17, 15) is 13.2 Å². The normalized spacial score (nSPS) is 14.0. The highest BCUT2D eigenvalue weighted by atomic mass is 79.9. The second-order valence-corrected chi connectivity index (χ2v) is 9.72. The number of hydrogen-bond acceptors (Lipinski definition) is 4. The maximum absolute atomic E-state index is 13.3. The van der Waals surface area contributed by atoms with E-state index in [1.54, 1.807) is 30.3 Å². The lowest BCUT2D eigenvalue weighted by Crippen LogP contribution is -2.48. The third-order valence-corrected chi connectivity index (χ3v) is 6.63. The Morgan fingerprint density at radius 3 is 2.31 bits per heavy atom. The number of hydrogen-bond donors (Lipinski definition) is 0. The summed E-state index contributed by atoms with van der Waals surface area (Å²) in [6.45, 7) is 8.24. The van der Waals surface area contributed by atoms with Crippen molar-refractivity contribution in [2.45, 2.75) is 45.1 Å². The summed E-state index contributed by atoms with van der Waals surface area (Å²) in [5, 5.41) is 0.516. The van der Waals surface area contributed by atoms with Crippen molar-refractivity contribution in [3.05, 3.63) is 42.0 Å². The average molecular weight is 446 g/mol. The van der Waals surface area contributed by atoms with Gasteiger partial charge >= 0.3 is 5.97 Å². The minimum Gasteiger partial charge on any atom is -0.466 e. The molecule has 26 heavy (non-hydrogen) atoms. The summed E-state index contributed by atoms with van der Waals surface area (Å²) in [5.74, 6) is -0.453. The third-order valence-electron chi connectivity index (χ3n) is 4.09. The molecule has 0 unspecified atom stereocenters. The van der Waals surface area contributed by atoms with Crippen LogP contribution in [0.4, 0.5) is 0 Å². The molecule has 1 atom stereocenters. The van der Waals surface area contributed by atoms with Crippen LogP contribution in [0, 0.1) is 12.3 Å². The van der Waals surface area contributed by atoms with E-state index in [-0.39, 0.29) is 22.9 Å². The summed E-state index contributed by atoms with van der Waals surface area (Å²) < 4.78 is 32.6. The van der Waals surface area contributed by atoms with Gasteiger partial charge < -0.3 is 4.74 Å². The summed E-state index contributed by atoms with van der Waals surface area (Å²) in [5.41, 5.74) is 0.747. The number of nitrogens with zero attached hydrogens (tertiary/aromatic N) is 1. The third kappa shape index (κ3) is 6.21. The molecule has 0 spiro atoms. The molecule has 146 valence electrons. The van der Waals surface area contributed by atoms with E-state index in [1.165, 1.54) is 17.5 Å². The first-order chi connectivity index (χ1) is 12.0. The first-order valence-corrected chi connectivity index (χ1v) is 11.0. The van der Waals surface area contributed by atoms with E-state index in [4.69, 9.17) is 0 Å². The summed E-state index contributed by atoms with van der Waals surface area (Å²) >= 11 is 3.47. The van der Waals surface area contributed by atoms with Crippen LogP contribution in [0.5, 0.6) is 0 Å². The first-order valence-electron chi connectivity index (χ1n) is 8.43.